The first kappa shape index (κ1) is 11.4. The van der Waals surface area contributed by atoms with Crippen LogP contribution in [0.25, 0.3) is 0 Å². The monoisotopic (exact) mass is 229 g/mol. The number of ether oxygens (including phenoxy) is 1. The molecule has 1 saturated heterocycles. The zero-order chi connectivity index (χ0) is 11.7. The molecule has 3 N–H and O–H groups in total. The number of aliphatic hydroxyl groups is 1. The summed E-state index contributed by atoms with van der Waals surface area (Å²) in [6, 6.07) is 2.64. The second-order valence-electron chi connectivity index (χ2n) is 3.97. The van der Waals surface area contributed by atoms with Gasteiger partial charge in [0, 0.05) is 11.6 Å². The van der Waals surface area contributed by atoms with Gasteiger partial charge in [0.15, 0.2) is 0 Å². The van der Waals surface area contributed by atoms with E-state index in [9.17, 15) is 13.9 Å². The molecule has 1 aliphatic rings. The van der Waals surface area contributed by atoms with Crippen molar-refractivity contribution in [2.45, 2.75) is 24.7 Å². The zero-order valence-electron chi connectivity index (χ0n) is 8.57. The van der Waals surface area contributed by atoms with Crippen LogP contribution in [0.1, 0.15) is 18.1 Å². The maximum Gasteiger partial charge on any atom is 0.129 e. The summed E-state index contributed by atoms with van der Waals surface area (Å²) in [5, 5.41) is 9.30. The lowest BCUT2D eigenvalue weighted by molar-refractivity contribution is -0.0695. The minimum atomic E-state index is -0.695. The minimum Gasteiger partial charge on any atom is -0.391 e. The topological polar surface area (TPSA) is 55.5 Å². The summed E-state index contributed by atoms with van der Waals surface area (Å²) in [5.74, 6) is -1.07. The molecule has 3 atom stereocenters. The highest BCUT2D eigenvalue weighted by Gasteiger charge is 2.30. The van der Waals surface area contributed by atoms with Crippen LogP contribution in [0.3, 0.4) is 0 Å². The Bertz CT molecular complexity index is 386. The summed E-state index contributed by atoms with van der Waals surface area (Å²) in [6.07, 6.45) is -1.01. The fraction of sp³-hybridized carbons (Fsp3) is 0.455. The van der Waals surface area contributed by atoms with Gasteiger partial charge in [0.05, 0.1) is 12.7 Å². The number of benzene rings is 1. The number of hydrogen-bond acceptors (Lipinski definition) is 3. The Morgan fingerprint density at radius 2 is 2.12 bits per heavy atom. The SMILES string of the molecule is N[C@H]1CC(O)CO[C@@H]1c1cc(F)ccc1F. The Hall–Kier alpha value is -1.04. The Morgan fingerprint density at radius 3 is 2.81 bits per heavy atom. The highest BCUT2D eigenvalue weighted by molar-refractivity contribution is 5.23. The van der Waals surface area contributed by atoms with Gasteiger partial charge in [-0.05, 0) is 24.6 Å². The van der Waals surface area contributed by atoms with Gasteiger partial charge < -0.3 is 15.6 Å². The number of aliphatic hydroxyl groups excluding tert-OH is 1. The summed E-state index contributed by atoms with van der Waals surface area (Å²) in [4.78, 5) is 0. The van der Waals surface area contributed by atoms with Crippen LogP contribution in [0.5, 0.6) is 0 Å². The number of rotatable bonds is 1. The van der Waals surface area contributed by atoms with E-state index in [-0.39, 0.29) is 12.2 Å². The first-order valence-corrected chi connectivity index (χ1v) is 5.08. The molecule has 1 aromatic rings. The molecule has 0 saturated carbocycles. The Kier molecular flexibility index (Phi) is 3.18. The summed E-state index contributed by atoms with van der Waals surface area (Å²) in [7, 11) is 0. The lowest BCUT2D eigenvalue weighted by Crippen LogP contribution is -2.41. The van der Waals surface area contributed by atoms with Crippen LogP contribution in [0, 0.1) is 11.6 Å². The van der Waals surface area contributed by atoms with Crippen LogP contribution in [0.15, 0.2) is 18.2 Å². The molecule has 0 spiro atoms. The van der Waals surface area contributed by atoms with Gasteiger partial charge >= 0.3 is 0 Å². The van der Waals surface area contributed by atoms with E-state index in [4.69, 9.17) is 10.5 Å². The molecular weight excluding hydrogens is 216 g/mol. The van der Waals surface area contributed by atoms with Gasteiger partial charge in [0.1, 0.15) is 17.7 Å². The predicted molar refractivity (Wildman–Crippen MR) is 53.7 cm³/mol. The lowest BCUT2D eigenvalue weighted by atomic mass is 9.95. The van der Waals surface area contributed by atoms with E-state index in [0.717, 1.165) is 18.2 Å². The van der Waals surface area contributed by atoms with E-state index in [1.165, 1.54) is 0 Å². The van der Waals surface area contributed by atoms with Crippen molar-refractivity contribution < 1.29 is 18.6 Å². The smallest absolute Gasteiger partial charge is 0.129 e. The molecule has 16 heavy (non-hydrogen) atoms. The molecule has 3 nitrogen and oxygen atoms in total. The molecule has 88 valence electrons. The van der Waals surface area contributed by atoms with E-state index in [1.54, 1.807) is 0 Å². The van der Waals surface area contributed by atoms with Gasteiger partial charge in [0.2, 0.25) is 0 Å². The summed E-state index contributed by atoms with van der Waals surface area (Å²) in [5.41, 5.74) is 5.86. The molecular formula is C11H13F2NO2. The molecule has 0 amide bonds. The summed E-state index contributed by atoms with van der Waals surface area (Å²) in [6.45, 7) is 0.0916. The van der Waals surface area contributed by atoms with Gasteiger partial charge in [-0.15, -0.1) is 0 Å². The van der Waals surface area contributed by atoms with Crippen molar-refractivity contribution in [1.29, 1.82) is 0 Å². The molecule has 0 aliphatic carbocycles. The molecule has 0 radical (unpaired) electrons. The first-order chi connectivity index (χ1) is 7.58. The highest BCUT2D eigenvalue weighted by atomic mass is 19.1. The van der Waals surface area contributed by atoms with Gasteiger partial charge in [0.25, 0.3) is 0 Å². The summed E-state index contributed by atoms with van der Waals surface area (Å²) < 4.78 is 31.7. The van der Waals surface area contributed by atoms with E-state index >= 15 is 0 Å². The minimum absolute atomic E-state index is 0.0916. The normalized spacial score (nSPS) is 30.4. The lowest BCUT2D eigenvalue weighted by Gasteiger charge is -2.32. The van der Waals surface area contributed by atoms with Crippen molar-refractivity contribution in [1.82, 2.24) is 0 Å². The second kappa shape index (κ2) is 4.45. The second-order valence-corrected chi connectivity index (χ2v) is 3.97. The third-order valence-electron chi connectivity index (χ3n) is 2.67. The van der Waals surface area contributed by atoms with Crippen LogP contribution in [-0.2, 0) is 4.74 Å². The van der Waals surface area contributed by atoms with Crippen molar-refractivity contribution in [3.8, 4) is 0 Å². The molecule has 1 fully saturated rings. The Balaban J connectivity index is 2.26. The van der Waals surface area contributed by atoms with Crippen LogP contribution in [0.2, 0.25) is 0 Å². The van der Waals surface area contributed by atoms with Gasteiger partial charge in [-0.25, -0.2) is 8.78 Å². The molecule has 0 aromatic heterocycles. The number of halogens is 2. The van der Waals surface area contributed by atoms with Gasteiger partial charge in [-0.3, -0.25) is 0 Å². The largest absolute Gasteiger partial charge is 0.391 e. The average Bonchev–Trinajstić information content (AvgIpc) is 2.22. The third-order valence-corrected chi connectivity index (χ3v) is 2.67. The van der Waals surface area contributed by atoms with E-state index in [2.05, 4.69) is 0 Å². The maximum absolute atomic E-state index is 13.5. The molecule has 1 aliphatic heterocycles. The van der Waals surface area contributed by atoms with E-state index in [0.29, 0.717) is 6.42 Å². The highest BCUT2D eigenvalue weighted by Crippen LogP contribution is 2.29. The molecule has 0 bridgehead atoms. The first-order valence-electron chi connectivity index (χ1n) is 5.08. The molecule has 2 rings (SSSR count). The van der Waals surface area contributed by atoms with E-state index in [1.807, 2.05) is 0 Å². The van der Waals surface area contributed by atoms with Crippen molar-refractivity contribution in [2.75, 3.05) is 6.61 Å². The fourth-order valence-corrected chi connectivity index (χ4v) is 1.90. The van der Waals surface area contributed by atoms with Crippen molar-refractivity contribution in [3.05, 3.63) is 35.4 Å². The van der Waals surface area contributed by atoms with Gasteiger partial charge in [-0.2, -0.15) is 0 Å². The van der Waals surface area contributed by atoms with Crippen molar-refractivity contribution in [2.24, 2.45) is 5.73 Å². The zero-order valence-corrected chi connectivity index (χ0v) is 8.57. The quantitative estimate of drug-likeness (QED) is 0.758. The Morgan fingerprint density at radius 1 is 1.38 bits per heavy atom. The average molecular weight is 229 g/mol. The third kappa shape index (κ3) is 2.21. The van der Waals surface area contributed by atoms with Crippen LogP contribution >= 0.6 is 0 Å². The van der Waals surface area contributed by atoms with Crippen LogP contribution in [0.4, 0.5) is 8.78 Å². The molecule has 1 unspecified atom stereocenters. The maximum atomic E-state index is 13.5. The standard InChI is InChI=1S/C11H13F2NO2/c12-6-1-2-9(13)8(3-6)11-10(14)4-7(15)5-16-11/h1-3,7,10-11,15H,4-5,14H2/t7?,10-,11+/m0/s1. The number of hydrogen-bond donors (Lipinski definition) is 2. The Labute approximate surface area is 91.8 Å². The number of nitrogens with two attached hydrogens (primary N) is 1. The van der Waals surface area contributed by atoms with Crippen LogP contribution in [-0.4, -0.2) is 23.9 Å². The van der Waals surface area contributed by atoms with Gasteiger partial charge in [-0.1, -0.05) is 0 Å². The predicted octanol–water partition coefficient (Wildman–Crippen LogP) is 1.11. The molecule has 1 heterocycles. The van der Waals surface area contributed by atoms with Crippen molar-refractivity contribution in [3.63, 3.8) is 0 Å². The van der Waals surface area contributed by atoms with Crippen molar-refractivity contribution >= 4 is 0 Å². The molecule has 5 heteroatoms. The summed E-state index contributed by atoms with van der Waals surface area (Å²) >= 11 is 0. The van der Waals surface area contributed by atoms with Crippen LogP contribution < -0.4 is 5.73 Å². The fourth-order valence-electron chi connectivity index (χ4n) is 1.90. The van der Waals surface area contributed by atoms with E-state index < -0.39 is 29.9 Å². The molecule has 1 aromatic carbocycles.